The number of aldehydes is 2. The van der Waals surface area contributed by atoms with Gasteiger partial charge in [0.25, 0.3) is 0 Å². The molecule has 0 atom stereocenters. The summed E-state index contributed by atoms with van der Waals surface area (Å²) >= 11 is 0. The summed E-state index contributed by atoms with van der Waals surface area (Å²) in [5.41, 5.74) is 1.11. The normalized spacial score (nSPS) is 16.4. The zero-order valence-corrected chi connectivity index (χ0v) is 5.33. The van der Waals surface area contributed by atoms with Crippen molar-refractivity contribution in [2.75, 3.05) is 6.54 Å². The van der Waals surface area contributed by atoms with E-state index < -0.39 is 0 Å². The summed E-state index contributed by atoms with van der Waals surface area (Å²) in [4.78, 5) is 20.3. The van der Waals surface area contributed by atoms with Gasteiger partial charge in [0.05, 0.1) is 0 Å². The quantitative estimate of drug-likeness (QED) is 0.536. The van der Waals surface area contributed by atoms with Crippen molar-refractivity contribution in [1.82, 2.24) is 5.32 Å². The van der Waals surface area contributed by atoms with E-state index in [1.165, 1.54) is 0 Å². The molecule has 1 aliphatic rings. The smallest absolute Gasteiger partial charge is 0.151 e. The molecule has 1 N–H and O–H groups in total. The third kappa shape index (κ3) is 1.31. The molecule has 0 bridgehead atoms. The first-order chi connectivity index (χ1) is 4.86. The van der Waals surface area contributed by atoms with Crippen molar-refractivity contribution in [3.63, 3.8) is 0 Å². The summed E-state index contributed by atoms with van der Waals surface area (Å²) < 4.78 is 0. The van der Waals surface area contributed by atoms with Crippen LogP contribution in [-0.4, -0.2) is 19.1 Å². The van der Waals surface area contributed by atoms with E-state index in [1.807, 2.05) is 0 Å². The molecule has 0 aromatic carbocycles. The minimum Gasteiger partial charge on any atom is -0.386 e. The molecule has 52 valence electrons. The fourth-order valence-corrected chi connectivity index (χ4v) is 0.737. The van der Waals surface area contributed by atoms with Gasteiger partial charge in [-0.3, -0.25) is 9.59 Å². The van der Waals surface area contributed by atoms with Crippen LogP contribution in [-0.2, 0) is 9.59 Å². The Labute approximate surface area is 58.4 Å². The van der Waals surface area contributed by atoms with Crippen LogP contribution in [0.3, 0.4) is 0 Å². The number of allylic oxidation sites excluding steroid dienone is 2. The van der Waals surface area contributed by atoms with Crippen molar-refractivity contribution in [3.8, 4) is 0 Å². The SMILES string of the molecule is O=CC1=CNCC(C=O)=C1. The number of carbonyl (C=O) groups excluding carboxylic acids is 2. The molecule has 10 heavy (non-hydrogen) atoms. The average molecular weight is 137 g/mol. The van der Waals surface area contributed by atoms with Crippen LogP contribution in [0.5, 0.6) is 0 Å². The van der Waals surface area contributed by atoms with Crippen molar-refractivity contribution in [2.24, 2.45) is 0 Å². The van der Waals surface area contributed by atoms with Crippen molar-refractivity contribution in [2.45, 2.75) is 0 Å². The molecule has 0 fully saturated rings. The summed E-state index contributed by atoms with van der Waals surface area (Å²) in [6.07, 6.45) is 4.59. The number of hydrogen-bond donors (Lipinski definition) is 1. The Morgan fingerprint density at radius 3 is 2.80 bits per heavy atom. The minimum atomic E-state index is 0.508. The molecule has 3 heteroatoms. The van der Waals surface area contributed by atoms with Gasteiger partial charge in [-0.15, -0.1) is 0 Å². The molecule has 0 unspecified atom stereocenters. The van der Waals surface area contributed by atoms with Crippen LogP contribution in [0.25, 0.3) is 0 Å². The Bertz CT molecular complexity index is 216. The molecule has 0 amide bonds. The van der Waals surface area contributed by atoms with Crippen LogP contribution in [0.2, 0.25) is 0 Å². The van der Waals surface area contributed by atoms with E-state index in [9.17, 15) is 9.59 Å². The van der Waals surface area contributed by atoms with Crippen LogP contribution >= 0.6 is 0 Å². The number of dihydropyridines is 1. The van der Waals surface area contributed by atoms with Crippen molar-refractivity contribution >= 4 is 12.6 Å². The first kappa shape index (κ1) is 6.74. The zero-order chi connectivity index (χ0) is 7.40. The number of rotatable bonds is 2. The van der Waals surface area contributed by atoms with Crippen LogP contribution in [0.4, 0.5) is 0 Å². The average Bonchev–Trinajstić information content (AvgIpc) is 2.05. The van der Waals surface area contributed by atoms with Gasteiger partial charge in [0.2, 0.25) is 0 Å². The van der Waals surface area contributed by atoms with E-state index in [0.29, 0.717) is 24.0 Å². The summed E-state index contributed by atoms with van der Waals surface area (Å²) in [6, 6.07) is 0. The third-order valence-electron chi connectivity index (χ3n) is 1.21. The Balaban J connectivity index is 2.79. The van der Waals surface area contributed by atoms with Gasteiger partial charge in [-0.05, 0) is 6.08 Å². The second-order valence-corrected chi connectivity index (χ2v) is 1.98. The molecule has 1 aliphatic heterocycles. The Hall–Kier alpha value is -1.38. The summed E-state index contributed by atoms with van der Waals surface area (Å²) in [6.45, 7) is 0.515. The minimum absolute atomic E-state index is 0.508. The van der Waals surface area contributed by atoms with E-state index in [4.69, 9.17) is 0 Å². The number of hydrogen-bond acceptors (Lipinski definition) is 3. The number of nitrogens with one attached hydrogen (secondary N) is 1. The Morgan fingerprint density at radius 1 is 1.40 bits per heavy atom. The first-order valence-electron chi connectivity index (χ1n) is 2.91. The lowest BCUT2D eigenvalue weighted by Gasteiger charge is -2.06. The lowest BCUT2D eigenvalue weighted by atomic mass is 10.1. The van der Waals surface area contributed by atoms with Gasteiger partial charge in [0.1, 0.15) is 6.29 Å². The lowest BCUT2D eigenvalue weighted by Crippen LogP contribution is -2.15. The first-order valence-corrected chi connectivity index (χ1v) is 2.91. The Morgan fingerprint density at radius 2 is 2.20 bits per heavy atom. The molecule has 1 heterocycles. The van der Waals surface area contributed by atoms with Gasteiger partial charge < -0.3 is 5.32 Å². The van der Waals surface area contributed by atoms with Crippen LogP contribution in [0.15, 0.2) is 23.4 Å². The molecular weight excluding hydrogens is 130 g/mol. The topological polar surface area (TPSA) is 46.2 Å². The lowest BCUT2D eigenvalue weighted by molar-refractivity contribution is -0.105. The highest BCUT2D eigenvalue weighted by Crippen LogP contribution is 2.01. The zero-order valence-electron chi connectivity index (χ0n) is 5.33. The van der Waals surface area contributed by atoms with E-state index in [1.54, 1.807) is 12.3 Å². The van der Waals surface area contributed by atoms with Gasteiger partial charge >= 0.3 is 0 Å². The fraction of sp³-hybridized carbons (Fsp3) is 0.143. The van der Waals surface area contributed by atoms with Crippen LogP contribution in [0.1, 0.15) is 0 Å². The summed E-state index contributed by atoms with van der Waals surface area (Å²) in [5.74, 6) is 0. The molecule has 0 aliphatic carbocycles. The summed E-state index contributed by atoms with van der Waals surface area (Å²) in [7, 11) is 0. The van der Waals surface area contributed by atoms with Gasteiger partial charge in [-0.2, -0.15) is 0 Å². The highest BCUT2D eigenvalue weighted by Gasteiger charge is 2.01. The van der Waals surface area contributed by atoms with E-state index in [-0.39, 0.29) is 0 Å². The highest BCUT2D eigenvalue weighted by molar-refractivity contribution is 5.84. The largest absolute Gasteiger partial charge is 0.386 e. The third-order valence-corrected chi connectivity index (χ3v) is 1.21. The van der Waals surface area contributed by atoms with Crippen molar-refractivity contribution in [1.29, 1.82) is 0 Å². The standard InChI is InChI=1S/C7H7NO2/c9-4-6-1-7(5-10)3-8-2-6/h1-2,4-5,8H,3H2. The molecule has 0 saturated carbocycles. The van der Waals surface area contributed by atoms with Gasteiger partial charge in [-0.25, -0.2) is 0 Å². The molecule has 0 saturated heterocycles. The second kappa shape index (κ2) is 2.96. The monoisotopic (exact) mass is 137 g/mol. The van der Waals surface area contributed by atoms with Crippen LogP contribution < -0.4 is 5.32 Å². The second-order valence-electron chi connectivity index (χ2n) is 1.98. The Kier molecular flexibility index (Phi) is 1.99. The maximum Gasteiger partial charge on any atom is 0.151 e. The van der Waals surface area contributed by atoms with Gasteiger partial charge in [0, 0.05) is 23.9 Å². The fourth-order valence-electron chi connectivity index (χ4n) is 0.737. The molecule has 0 aromatic heterocycles. The number of carbonyl (C=O) groups is 2. The van der Waals surface area contributed by atoms with Gasteiger partial charge in [-0.1, -0.05) is 0 Å². The van der Waals surface area contributed by atoms with Crippen molar-refractivity contribution in [3.05, 3.63) is 23.4 Å². The van der Waals surface area contributed by atoms with Gasteiger partial charge in [0.15, 0.2) is 6.29 Å². The molecule has 0 radical (unpaired) electrons. The molecular formula is C7H7NO2. The molecule has 1 rings (SSSR count). The predicted octanol–water partition coefficient (Wildman–Crippen LogP) is -0.202. The summed E-state index contributed by atoms with van der Waals surface area (Å²) in [5, 5.41) is 2.79. The van der Waals surface area contributed by atoms with E-state index in [0.717, 1.165) is 6.29 Å². The van der Waals surface area contributed by atoms with Crippen LogP contribution in [0, 0.1) is 0 Å². The molecule has 0 aromatic rings. The molecule has 0 spiro atoms. The maximum atomic E-state index is 10.2. The van der Waals surface area contributed by atoms with Crippen molar-refractivity contribution < 1.29 is 9.59 Å². The highest BCUT2D eigenvalue weighted by atomic mass is 16.1. The molecule has 3 nitrogen and oxygen atoms in total. The maximum absolute atomic E-state index is 10.2. The van der Waals surface area contributed by atoms with E-state index >= 15 is 0 Å². The van der Waals surface area contributed by atoms with E-state index in [2.05, 4.69) is 5.32 Å². The predicted molar refractivity (Wildman–Crippen MR) is 36.3 cm³/mol.